The number of aliphatic hydroxyl groups is 1. The number of unbranched alkanes of at least 4 members (excludes halogenated alkanes) is 1. The Balaban J connectivity index is 1.67. The maximum absolute atomic E-state index is 13.5. The minimum absolute atomic E-state index is 0.0940. The highest BCUT2D eigenvalue weighted by atomic mass is 16.5. The van der Waals surface area contributed by atoms with Crippen molar-refractivity contribution in [2.24, 2.45) is 0 Å². The summed E-state index contributed by atoms with van der Waals surface area (Å²) < 4.78 is 11.8. The van der Waals surface area contributed by atoms with E-state index in [2.05, 4.69) is 25.7 Å². The minimum atomic E-state index is -0.718. The highest BCUT2D eigenvalue weighted by molar-refractivity contribution is 6.46. The van der Waals surface area contributed by atoms with Crippen LogP contribution in [0.15, 0.2) is 78.4 Å². The van der Waals surface area contributed by atoms with Crippen LogP contribution in [-0.2, 0) is 16.2 Å². The van der Waals surface area contributed by atoms with E-state index in [-0.39, 0.29) is 11.3 Å². The molecular weight excluding hydrogens is 528 g/mol. The fraction of sp³-hybridized carbons (Fsp3) is 0.371. The second-order valence-corrected chi connectivity index (χ2v) is 10.5. The quantitative estimate of drug-likeness (QED) is 0.103. The number of nitrogens with zero attached hydrogens (tertiary/aromatic N) is 2. The minimum Gasteiger partial charge on any atom is -0.507 e. The molecule has 1 saturated heterocycles. The standard InChI is InChI=1S/C35H42N2O5/c1-5-8-22-41-30-19-16-28(23-25(30)4)33(38)31-32(37(35(40)34(31)39)21-20-36(6-2)7-3)27-14-17-29(18-15-27)42-24-26-12-10-9-11-13-26/h9-19,23,32,38H,5-8,20-22,24H2,1-4H3/b33-31+. The molecule has 3 aromatic carbocycles. The van der Waals surface area contributed by atoms with Crippen LogP contribution >= 0.6 is 0 Å². The lowest BCUT2D eigenvalue weighted by Gasteiger charge is -2.28. The monoisotopic (exact) mass is 570 g/mol. The summed E-state index contributed by atoms with van der Waals surface area (Å²) in [7, 11) is 0. The lowest BCUT2D eigenvalue weighted by atomic mass is 9.94. The second-order valence-electron chi connectivity index (χ2n) is 10.5. The van der Waals surface area contributed by atoms with E-state index in [0.717, 1.165) is 48.4 Å². The van der Waals surface area contributed by atoms with Crippen molar-refractivity contribution in [3.05, 3.63) is 101 Å². The van der Waals surface area contributed by atoms with Crippen LogP contribution in [0.5, 0.6) is 11.5 Å². The number of benzene rings is 3. The molecule has 0 bridgehead atoms. The smallest absolute Gasteiger partial charge is 0.295 e. The first-order valence-electron chi connectivity index (χ1n) is 14.9. The normalized spacial score (nSPS) is 16.3. The third-order valence-corrected chi connectivity index (χ3v) is 7.74. The molecule has 0 spiro atoms. The van der Waals surface area contributed by atoms with E-state index in [0.29, 0.717) is 37.6 Å². The van der Waals surface area contributed by atoms with Crippen molar-refractivity contribution in [1.29, 1.82) is 0 Å². The van der Waals surface area contributed by atoms with E-state index in [4.69, 9.17) is 9.47 Å². The SMILES string of the molecule is CCCCOc1ccc(/C(O)=C2\C(=O)C(=O)N(CCN(CC)CC)C2c2ccc(OCc3ccccc3)cc2)cc1C. The van der Waals surface area contributed by atoms with Gasteiger partial charge in [-0.25, -0.2) is 0 Å². The summed E-state index contributed by atoms with van der Waals surface area (Å²) in [5.74, 6) is -0.0488. The van der Waals surface area contributed by atoms with Crippen molar-refractivity contribution in [2.75, 3.05) is 32.8 Å². The number of likely N-dealkylation sites (N-methyl/N-ethyl adjacent to an activating group) is 1. The number of likely N-dealkylation sites (tertiary alicyclic amines) is 1. The zero-order valence-corrected chi connectivity index (χ0v) is 25.1. The molecule has 1 N–H and O–H groups in total. The first-order valence-corrected chi connectivity index (χ1v) is 14.9. The van der Waals surface area contributed by atoms with Gasteiger partial charge in [-0.1, -0.05) is 69.7 Å². The lowest BCUT2D eigenvalue weighted by molar-refractivity contribution is -0.140. The number of carbonyl (C=O) groups is 2. The van der Waals surface area contributed by atoms with Gasteiger partial charge < -0.3 is 24.4 Å². The maximum Gasteiger partial charge on any atom is 0.295 e. The molecular formula is C35H42N2O5. The van der Waals surface area contributed by atoms with Crippen LogP contribution in [0.2, 0.25) is 0 Å². The largest absolute Gasteiger partial charge is 0.507 e. The Hall–Kier alpha value is -4.10. The van der Waals surface area contributed by atoms with Crippen LogP contribution in [0.3, 0.4) is 0 Å². The zero-order chi connectivity index (χ0) is 30.1. The van der Waals surface area contributed by atoms with E-state index < -0.39 is 17.7 Å². The van der Waals surface area contributed by atoms with Gasteiger partial charge in [0.15, 0.2) is 0 Å². The number of amides is 1. The molecule has 1 aliphatic heterocycles. The Morgan fingerprint density at radius 2 is 1.64 bits per heavy atom. The van der Waals surface area contributed by atoms with Crippen LogP contribution in [-0.4, -0.2) is 59.4 Å². The first kappa shape index (κ1) is 30.8. The summed E-state index contributed by atoms with van der Waals surface area (Å²) in [5, 5.41) is 11.5. The van der Waals surface area contributed by atoms with Crippen molar-refractivity contribution in [3.8, 4) is 11.5 Å². The van der Waals surface area contributed by atoms with Gasteiger partial charge in [0.05, 0.1) is 18.2 Å². The summed E-state index contributed by atoms with van der Waals surface area (Å²) in [6.07, 6.45) is 1.99. The molecule has 7 heteroatoms. The molecule has 0 saturated carbocycles. The van der Waals surface area contributed by atoms with E-state index >= 15 is 0 Å². The molecule has 1 atom stereocenters. The maximum atomic E-state index is 13.5. The number of carbonyl (C=O) groups excluding carboxylic acids is 2. The predicted molar refractivity (Wildman–Crippen MR) is 166 cm³/mol. The summed E-state index contributed by atoms with van der Waals surface area (Å²) in [6.45, 7) is 11.9. The first-order chi connectivity index (χ1) is 20.4. The molecule has 42 heavy (non-hydrogen) atoms. The van der Waals surface area contributed by atoms with E-state index in [1.807, 2.05) is 67.6 Å². The number of Topliss-reactive ketones (excluding diaryl/α,β-unsaturated/α-hetero) is 1. The van der Waals surface area contributed by atoms with Crippen molar-refractivity contribution >= 4 is 17.4 Å². The Bertz CT molecular complexity index is 1380. The molecule has 3 aromatic rings. The summed E-state index contributed by atoms with van der Waals surface area (Å²) in [4.78, 5) is 30.7. The van der Waals surface area contributed by atoms with Gasteiger partial charge in [-0.2, -0.15) is 0 Å². The van der Waals surface area contributed by atoms with Crippen LogP contribution in [0, 0.1) is 6.92 Å². The highest BCUT2D eigenvalue weighted by Gasteiger charge is 2.46. The molecule has 7 nitrogen and oxygen atoms in total. The van der Waals surface area contributed by atoms with Gasteiger partial charge in [-0.3, -0.25) is 9.59 Å². The van der Waals surface area contributed by atoms with Crippen LogP contribution in [0.25, 0.3) is 5.76 Å². The number of hydrogen-bond acceptors (Lipinski definition) is 6. The van der Waals surface area contributed by atoms with E-state index in [9.17, 15) is 14.7 Å². The molecule has 1 aliphatic rings. The molecule has 1 unspecified atom stereocenters. The van der Waals surface area contributed by atoms with Crippen molar-refractivity contribution in [2.45, 2.75) is 53.2 Å². The number of aliphatic hydroxyl groups excluding tert-OH is 1. The van der Waals surface area contributed by atoms with Crippen molar-refractivity contribution in [3.63, 3.8) is 0 Å². The second kappa shape index (κ2) is 14.7. The summed E-state index contributed by atoms with van der Waals surface area (Å²) >= 11 is 0. The molecule has 222 valence electrons. The van der Waals surface area contributed by atoms with E-state index in [1.165, 1.54) is 0 Å². The molecule has 0 aromatic heterocycles. The number of ether oxygens (including phenoxy) is 2. The Morgan fingerprint density at radius 3 is 2.29 bits per heavy atom. The topological polar surface area (TPSA) is 79.3 Å². The van der Waals surface area contributed by atoms with Gasteiger partial charge in [0, 0.05) is 18.7 Å². The third-order valence-electron chi connectivity index (χ3n) is 7.74. The van der Waals surface area contributed by atoms with Gasteiger partial charge in [-0.15, -0.1) is 0 Å². The van der Waals surface area contributed by atoms with Gasteiger partial charge >= 0.3 is 0 Å². The summed E-state index contributed by atoms with van der Waals surface area (Å²) in [5.41, 5.74) is 3.21. The van der Waals surface area contributed by atoms with Crippen molar-refractivity contribution < 1.29 is 24.2 Å². The molecule has 1 fully saturated rings. The number of hydrogen-bond donors (Lipinski definition) is 1. The highest BCUT2D eigenvalue weighted by Crippen LogP contribution is 2.40. The molecule has 0 radical (unpaired) electrons. The zero-order valence-electron chi connectivity index (χ0n) is 25.1. The van der Waals surface area contributed by atoms with Gasteiger partial charge in [0.25, 0.3) is 11.7 Å². The molecule has 0 aliphatic carbocycles. The Morgan fingerprint density at radius 1 is 0.929 bits per heavy atom. The average molecular weight is 571 g/mol. The molecule has 1 amide bonds. The fourth-order valence-corrected chi connectivity index (χ4v) is 5.17. The van der Waals surface area contributed by atoms with Gasteiger partial charge in [-0.05, 0) is 73.5 Å². The molecule has 1 heterocycles. The van der Waals surface area contributed by atoms with Crippen LogP contribution in [0.4, 0.5) is 0 Å². The summed E-state index contributed by atoms with van der Waals surface area (Å²) in [6, 6.07) is 22.0. The number of rotatable bonds is 14. The van der Waals surface area contributed by atoms with E-state index in [1.54, 1.807) is 17.0 Å². The molecule has 4 rings (SSSR count). The van der Waals surface area contributed by atoms with Crippen molar-refractivity contribution in [1.82, 2.24) is 9.80 Å². The fourth-order valence-electron chi connectivity index (χ4n) is 5.17. The lowest BCUT2D eigenvalue weighted by Crippen LogP contribution is -2.38. The van der Waals surface area contributed by atoms with Crippen LogP contribution < -0.4 is 9.47 Å². The number of ketones is 1. The van der Waals surface area contributed by atoms with Crippen LogP contribution in [0.1, 0.15) is 61.9 Å². The Kier molecular flexibility index (Phi) is 10.8. The predicted octanol–water partition coefficient (Wildman–Crippen LogP) is 6.52. The Labute approximate surface area is 249 Å². The average Bonchev–Trinajstić information content (AvgIpc) is 3.27. The third kappa shape index (κ3) is 7.21. The number of aryl methyl sites for hydroxylation is 1. The van der Waals surface area contributed by atoms with Gasteiger partial charge in [0.1, 0.15) is 23.9 Å². The van der Waals surface area contributed by atoms with Gasteiger partial charge in [0.2, 0.25) is 0 Å².